The maximum Gasteiger partial charge on any atom is 0.255 e. The number of carbonyl (C=O) groups is 1. The predicted molar refractivity (Wildman–Crippen MR) is 93.9 cm³/mol. The van der Waals surface area contributed by atoms with Gasteiger partial charge in [0.2, 0.25) is 0 Å². The van der Waals surface area contributed by atoms with E-state index in [2.05, 4.69) is 5.32 Å². The number of hydrogen-bond donors (Lipinski definition) is 1. The Kier molecular flexibility index (Phi) is 4.95. The smallest absolute Gasteiger partial charge is 0.255 e. The third-order valence-electron chi connectivity index (χ3n) is 3.49. The van der Waals surface area contributed by atoms with Crippen LogP contribution >= 0.6 is 0 Å². The van der Waals surface area contributed by atoms with Crippen molar-refractivity contribution < 1.29 is 18.7 Å². The highest BCUT2D eigenvalue weighted by atomic mass is 19.1. The number of rotatable bonds is 5. The molecule has 4 nitrogen and oxygen atoms in total. The molecule has 25 heavy (non-hydrogen) atoms. The lowest BCUT2D eigenvalue weighted by atomic mass is 10.2. The molecular formula is C20H16FNO3. The third-order valence-corrected chi connectivity index (χ3v) is 3.49. The molecule has 0 fully saturated rings. The highest BCUT2D eigenvalue weighted by molar-refractivity contribution is 6.04. The molecule has 1 amide bonds. The number of methoxy groups -OCH3 is 1. The number of ether oxygens (including phenoxy) is 2. The van der Waals surface area contributed by atoms with Crippen LogP contribution in [0.5, 0.6) is 17.2 Å². The first-order chi connectivity index (χ1) is 12.1. The Morgan fingerprint density at radius 1 is 0.880 bits per heavy atom. The first-order valence-corrected chi connectivity index (χ1v) is 7.63. The van der Waals surface area contributed by atoms with Crippen molar-refractivity contribution in [2.75, 3.05) is 12.4 Å². The maximum absolute atomic E-state index is 13.2. The molecule has 0 aliphatic carbocycles. The van der Waals surface area contributed by atoms with Gasteiger partial charge in [-0.3, -0.25) is 4.79 Å². The van der Waals surface area contributed by atoms with Gasteiger partial charge in [0.15, 0.2) is 0 Å². The van der Waals surface area contributed by atoms with E-state index in [0.29, 0.717) is 22.7 Å². The predicted octanol–water partition coefficient (Wildman–Crippen LogP) is 4.88. The van der Waals surface area contributed by atoms with Gasteiger partial charge in [-0.15, -0.1) is 0 Å². The quantitative estimate of drug-likeness (QED) is 0.722. The maximum atomic E-state index is 13.2. The van der Waals surface area contributed by atoms with Crippen molar-refractivity contribution in [1.29, 1.82) is 0 Å². The third kappa shape index (κ3) is 4.35. The summed E-state index contributed by atoms with van der Waals surface area (Å²) in [5, 5.41) is 2.65. The number of amides is 1. The fraction of sp³-hybridized carbons (Fsp3) is 0.0500. The van der Waals surface area contributed by atoms with Crippen LogP contribution in [-0.2, 0) is 0 Å². The Balaban J connectivity index is 1.65. The molecular weight excluding hydrogens is 321 g/mol. The molecule has 0 saturated carbocycles. The highest BCUT2D eigenvalue weighted by Gasteiger charge is 2.07. The first-order valence-electron chi connectivity index (χ1n) is 7.63. The Bertz CT molecular complexity index is 861. The molecule has 3 rings (SSSR count). The minimum absolute atomic E-state index is 0.318. The molecule has 126 valence electrons. The van der Waals surface area contributed by atoms with Gasteiger partial charge in [0.05, 0.1) is 7.11 Å². The van der Waals surface area contributed by atoms with Gasteiger partial charge in [-0.05, 0) is 66.7 Å². The van der Waals surface area contributed by atoms with E-state index in [-0.39, 0.29) is 5.91 Å². The van der Waals surface area contributed by atoms with Gasteiger partial charge in [0, 0.05) is 11.3 Å². The van der Waals surface area contributed by atoms with Crippen molar-refractivity contribution in [3.05, 3.63) is 84.2 Å². The van der Waals surface area contributed by atoms with Gasteiger partial charge in [0.25, 0.3) is 5.91 Å². The van der Waals surface area contributed by atoms with Gasteiger partial charge >= 0.3 is 0 Å². The molecule has 0 aromatic heterocycles. The number of benzene rings is 3. The van der Waals surface area contributed by atoms with Gasteiger partial charge in [-0.2, -0.15) is 0 Å². The van der Waals surface area contributed by atoms with Crippen LogP contribution in [0, 0.1) is 5.82 Å². The van der Waals surface area contributed by atoms with Crippen LogP contribution in [0.3, 0.4) is 0 Å². The molecule has 0 aliphatic heterocycles. The Morgan fingerprint density at radius 2 is 1.48 bits per heavy atom. The fourth-order valence-corrected chi connectivity index (χ4v) is 2.22. The minimum atomic E-state index is -0.402. The standard InChI is InChI=1S/C20H16FNO3/c1-24-17-9-11-19(12-10-17)25-18-7-5-14(6-8-18)20(23)22-16-4-2-3-15(21)13-16/h2-13H,1H3,(H,22,23). The van der Waals surface area contributed by atoms with Crippen molar-refractivity contribution in [1.82, 2.24) is 0 Å². The zero-order valence-corrected chi connectivity index (χ0v) is 13.5. The van der Waals surface area contributed by atoms with Crippen LogP contribution in [0.2, 0.25) is 0 Å². The second-order valence-electron chi connectivity index (χ2n) is 5.27. The summed E-state index contributed by atoms with van der Waals surface area (Å²) in [6.45, 7) is 0. The van der Waals surface area contributed by atoms with E-state index in [1.165, 1.54) is 18.2 Å². The normalized spacial score (nSPS) is 10.2. The summed E-state index contributed by atoms with van der Waals surface area (Å²) in [4.78, 5) is 12.2. The summed E-state index contributed by atoms with van der Waals surface area (Å²) >= 11 is 0. The molecule has 5 heteroatoms. The van der Waals surface area contributed by atoms with E-state index in [0.717, 1.165) is 5.75 Å². The summed E-state index contributed by atoms with van der Waals surface area (Å²) < 4.78 is 24.0. The van der Waals surface area contributed by atoms with Crippen LogP contribution in [0.25, 0.3) is 0 Å². The molecule has 3 aromatic carbocycles. The number of hydrogen-bond acceptors (Lipinski definition) is 3. The summed E-state index contributed by atoms with van der Waals surface area (Å²) in [7, 11) is 1.60. The topological polar surface area (TPSA) is 47.6 Å². The lowest BCUT2D eigenvalue weighted by molar-refractivity contribution is 0.102. The average molecular weight is 337 g/mol. The van der Waals surface area contributed by atoms with E-state index >= 15 is 0 Å². The molecule has 0 saturated heterocycles. The summed E-state index contributed by atoms with van der Waals surface area (Å²) in [5.74, 6) is 1.30. The monoisotopic (exact) mass is 337 g/mol. The van der Waals surface area contributed by atoms with Gasteiger partial charge in [-0.25, -0.2) is 4.39 Å². The first kappa shape index (κ1) is 16.5. The van der Waals surface area contributed by atoms with Crippen molar-refractivity contribution in [2.24, 2.45) is 0 Å². The lowest BCUT2D eigenvalue weighted by Gasteiger charge is -2.08. The molecule has 1 N–H and O–H groups in total. The van der Waals surface area contributed by atoms with Crippen LogP contribution in [0.1, 0.15) is 10.4 Å². The summed E-state index contributed by atoms with van der Waals surface area (Å²) in [6.07, 6.45) is 0. The van der Waals surface area contributed by atoms with E-state index in [4.69, 9.17) is 9.47 Å². The molecule has 0 heterocycles. The van der Waals surface area contributed by atoms with Gasteiger partial charge in [0.1, 0.15) is 23.1 Å². The lowest BCUT2D eigenvalue weighted by Crippen LogP contribution is -2.11. The molecule has 0 bridgehead atoms. The Morgan fingerprint density at radius 3 is 2.08 bits per heavy atom. The molecule has 0 spiro atoms. The summed E-state index contributed by atoms with van der Waals surface area (Å²) in [6, 6.07) is 19.6. The molecule has 0 atom stereocenters. The van der Waals surface area contributed by atoms with E-state index < -0.39 is 5.82 Å². The second kappa shape index (κ2) is 7.49. The zero-order valence-electron chi connectivity index (χ0n) is 13.5. The van der Waals surface area contributed by atoms with E-state index in [9.17, 15) is 9.18 Å². The van der Waals surface area contributed by atoms with Crippen LogP contribution in [0.4, 0.5) is 10.1 Å². The molecule has 0 aliphatic rings. The van der Waals surface area contributed by atoms with Gasteiger partial charge in [-0.1, -0.05) is 6.07 Å². The minimum Gasteiger partial charge on any atom is -0.497 e. The average Bonchev–Trinajstić information content (AvgIpc) is 2.63. The number of anilines is 1. The van der Waals surface area contributed by atoms with Crippen molar-refractivity contribution >= 4 is 11.6 Å². The summed E-state index contributed by atoms with van der Waals surface area (Å²) in [5.41, 5.74) is 0.856. The van der Waals surface area contributed by atoms with E-state index in [1.807, 2.05) is 0 Å². The van der Waals surface area contributed by atoms with Crippen LogP contribution in [-0.4, -0.2) is 13.0 Å². The SMILES string of the molecule is COc1ccc(Oc2ccc(C(=O)Nc3cccc(F)c3)cc2)cc1. The largest absolute Gasteiger partial charge is 0.497 e. The van der Waals surface area contributed by atoms with Crippen molar-refractivity contribution in [2.45, 2.75) is 0 Å². The van der Waals surface area contributed by atoms with Crippen LogP contribution in [0.15, 0.2) is 72.8 Å². The Hall–Kier alpha value is -3.34. The number of nitrogens with one attached hydrogen (secondary N) is 1. The molecule has 0 radical (unpaired) electrons. The highest BCUT2D eigenvalue weighted by Crippen LogP contribution is 2.24. The van der Waals surface area contributed by atoms with Crippen molar-refractivity contribution in [3.63, 3.8) is 0 Å². The molecule has 0 unspecified atom stereocenters. The fourth-order valence-electron chi connectivity index (χ4n) is 2.22. The number of carbonyl (C=O) groups excluding carboxylic acids is 1. The number of halogens is 1. The van der Waals surface area contributed by atoms with Crippen molar-refractivity contribution in [3.8, 4) is 17.2 Å². The second-order valence-corrected chi connectivity index (χ2v) is 5.27. The Labute approximate surface area is 144 Å². The zero-order chi connectivity index (χ0) is 17.6. The van der Waals surface area contributed by atoms with Gasteiger partial charge < -0.3 is 14.8 Å². The van der Waals surface area contributed by atoms with Crippen LogP contribution < -0.4 is 14.8 Å². The molecule has 3 aromatic rings. The van der Waals surface area contributed by atoms with E-state index in [1.54, 1.807) is 61.7 Å².